The van der Waals surface area contributed by atoms with Crippen LogP contribution in [0.3, 0.4) is 0 Å². The Morgan fingerprint density at radius 3 is 2.33 bits per heavy atom. The third-order valence-electron chi connectivity index (χ3n) is 3.86. The number of benzene rings is 3. The van der Waals surface area contributed by atoms with Gasteiger partial charge >= 0.3 is 5.97 Å². The van der Waals surface area contributed by atoms with Crippen LogP contribution in [0, 0.1) is 11.3 Å². The largest absolute Gasteiger partial charge is 0.465 e. The molecule has 3 aromatic carbocycles. The lowest BCUT2D eigenvalue weighted by molar-refractivity contribution is 0.0603. The summed E-state index contributed by atoms with van der Waals surface area (Å²) in [6.45, 7) is 0. The number of fused-ring (bicyclic) bond motifs is 1. The highest BCUT2D eigenvalue weighted by Crippen LogP contribution is 2.25. The smallest absolute Gasteiger partial charge is 0.338 e. The van der Waals surface area contributed by atoms with Crippen molar-refractivity contribution in [1.82, 2.24) is 0 Å². The summed E-state index contributed by atoms with van der Waals surface area (Å²) in [6.07, 6.45) is 3.99. The Labute approximate surface area is 140 Å². The molecule has 0 aliphatic carbocycles. The van der Waals surface area contributed by atoms with Gasteiger partial charge in [-0.25, -0.2) is 4.79 Å². The van der Waals surface area contributed by atoms with Gasteiger partial charge in [0.25, 0.3) is 0 Å². The molecular weight excluding hydrogens is 298 g/mol. The third kappa shape index (κ3) is 3.04. The van der Waals surface area contributed by atoms with Gasteiger partial charge in [-0.1, -0.05) is 54.6 Å². The van der Waals surface area contributed by atoms with Crippen LogP contribution in [0.25, 0.3) is 22.9 Å². The Morgan fingerprint density at radius 1 is 0.958 bits per heavy atom. The minimum atomic E-state index is -0.339. The zero-order valence-corrected chi connectivity index (χ0v) is 13.2. The second kappa shape index (κ2) is 6.80. The fourth-order valence-electron chi connectivity index (χ4n) is 2.61. The van der Waals surface area contributed by atoms with Crippen molar-refractivity contribution in [1.29, 1.82) is 5.26 Å². The molecule has 3 aromatic rings. The zero-order valence-electron chi connectivity index (χ0n) is 13.2. The van der Waals surface area contributed by atoms with Gasteiger partial charge in [0.2, 0.25) is 0 Å². The Kier molecular flexibility index (Phi) is 4.40. The second-order valence-electron chi connectivity index (χ2n) is 5.31. The van der Waals surface area contributed by atoms with E-state index < -0.39 is 0 Å². The predicted octanol–water partition coefficient (Wildman–Crippen LogP) is 4.67. The SMILES string of the molecule is COC(=O)c1ccc(C=Cc2ccc(C#N)cc2)c2ccccc12. The highest BCUT2D eigenvalue weighted by Gasteiger charge is 2.11. The van der Waals surface area contributed by atoms with Gasteiger partial charge in [0.05, 0.1) is 24.3 Å². The van der Waals surface area contributed by atoms with Crippen molar-refractivity contribution >= 4 is 28.9 Å². The lowest BCUT2D eigenvalue weighted by Gasteiger charge is -2.07. The summed E-state index contributed by atoms with van der Waals surface area (Å²) in [4.78, 5) is 11.9. The number of rotatable bonds is 3. The highest BCUT2D eigenvalue weighted by atomic mass is 16.5. The van der Waals surface area contributed by atoms with Crippen LogP contribution >= 0.6 is 0 Å². The first-order valence-corrected chi connectivity index (χ1v) is 7.51. The van der Waals surface area contributed by atoms with Gasteiger partial charge in [-0.2, -0.15) is 5.26 Å². The molecular formula is C21H15NO2. The molecule has 0 atom stereocenters. The van der Waals surface area contributed by atoms with Gasteiger partial charge in [-0.15, -0.1) is 0 Å². The molecule has 0 aromatic heterocycles. The molecule has 0 radical (unpaired) electrons. The van der Waals surface area contributed by atoms with Gasteiger partial charge in [0.15, 0.2) is 0 Å². The molecule has 0 heterocycles. The summed E-state index contributed by atoms with van der Waals surface area (Å²) in [5.41, 5.74) is 3.22. The van der Waals surface area contributed by atoms with Crippen LogP contribution < -0.4 is 0 Å². The molecule has 0 fully saturated rings. The van der Waals surface area contributed by atoms with Gasteiger partial charge < -0.3 is 4.74 Å². The fraction of sp³-hybridized carbons (Fsp3) is 0.0476. The molecule has 0 saturated heterocycles. The van der Waals surface area contributed by atoms with E-state index in [-0.39, 0.29) is 5.97 Å². The topological polar surface area (TPSA) is 50.1 Å². The van der Waals surface area contributed by atoms with E-state index in [1.165, 1.54) is 7.11 Å². The molecule has 0 aliphatic rings. The summed E-state index contributed by atoms with van der Waals surface area (Å²) in [5.74, 6) is -0.339. The molecule has 0 spiro atoms. The summed E-state index contributed by atoms with van der Waals surface area (Å²) >= 11 is 0. The minimum absolute atomic E-state index is 0.339. The van der Waals surface area contributed by atoms with E-state index in [9.17, 15) is 4.79 Å². The molecule has 0 saturated carbocycles. The maximum atomic E-state index is 11.9. The molecule has 0 aliphatic heterocycles. The molecule has 24 heavy (non-hydrogen) atoms. The molecule has 3 nitrogen and oxygen atoms in total. The number of carbonyl (C=O) groups is 1. The molecule has 0 N–H and O–H groups in total. The lowest BCUT2D eigenvalue weighted by Crippen LogP contribution is -2.02. The van der Waals surface area contributed by atoms with E-state index in [0.29, 0.717) is 11.1 Å². The number of esters is 1. The van der Waals surface area contributed by atoms with Crippen LogP contribution in [0.1, 0.15) is 27.0 Å². The van der Waals surface area contributed by atoms with E-state index in [2.05, 4.69) is 6.07 Å². The number of hydrogen-bond donors (Lipinski definition) is 0. The first-order valence-electron chi connectivity index (χ1n) is 7.51. The van der Waals surface area contributed by atoms with Crippen molar-refractivity contribution in [3.63, 3.8) is 0 Å². The summed E-state index contributed by atoms with van der Waals surface area (Å²) in [5, 5.41) is 10.7. The number of hydrogen-bond acceptors (Lipinski definition) is 3. The van der Waals surface area contributed by atoms with E-state index in [4.69, 9.17) is 10.00 Å². The molecule has 0 amide bonds. The Bertz CT molecular complexity index is 963. The standard InChI is InChI=1S/C21H15NO2/c1-24-21(23)20-13-12-17(18-4-2-3-5-19(18)20)11-10-15-6-8-16(14-22)9-7-15/h2-13H,1H3. The summed E-state index contributed by atoms with van der Waals surface area (Å²) in [7, 11) is 1.38. The van der Waals surface area contributed by atoms with Gasteiger partial charge in [0.1, 0.15) is 0 Å². The van der Waals surface area contributed by atoms with Crippen LogP contribution in [0.5, 0.6) is 0 Å². The Balaban J connectivity index is 2.02. The first kappa shape index (κ1) is 15.5. The van der Waals surface area contributed by atoms with E-state index >= 15 is 0 Å². The maximum Gasteiger partial charge on any atom is 0.338 e. The van der Waals surface area contributed by atoms with Crippen LogP contribution in [-0.4, -0.2) is 13.1 Å². The number of carbonyl (C=O) groups excluding carboxylic acids is 1. The molecule has 3 heteroatoms. The van der Waals surface area contributed by atoms with E-state index in [1.807, 2.05) is 54.6 Å². The number of ether oxygens (including phenoxy) is 1. The molecule has 0 unspecified atom stereocenters. The van der Waals surface area contributed by atoms with Crippen LogP contribution in [0.2, 0.25) is 0 Å². The van der Waals surface area contributed by atoms with Crippen LogP contribution in [-0.2, 0) is 4.74 Å². The Hall–Kier alpha value is -3.38. The maximum absolute atomic E-state index is 11.9. The lowest BCUT2D eigenvalue weighted by atomic mass is 9.98. The third-order valence-corrected chi connectivity index (χ3v) is 3.86. The van der Waals surface area contributed by atoms with Crippen molar-refractivity contribution in [2.75, 3.05) is 7.11 Å². The minimum Gasteiger partial charge on any atom is -0.465 e. The Morgan fingerprint density at radius 2 is 1.67 bits per heavy atom. The normalized spacial score (nSPS) is 10.7. The average molecular weight is 313 g/mol. The second-order valence-corrected chi connectivity index (χ2v) is 5.31. The van der Waals surface area contributed by atoms with Crippen molar-refractivity contribution in [2.24, 2.45) is 0 Å². The van der Waals surface area contributed by atoms with Gasteiger partial charge in [0, 0.05) is 0 Å². The monoisotopic (exact) mass is 313 g/mol. The number of nitriles is 1. The quantitative estimate of drug-likeness (QED) is 0.521. The average Bonchev–Trinajstić information content (AvgIpc) is 2.65. The van der Waals surface area contributed by atoms with Crippen molar-refractivity contribution in [3.8, 4) is 6.07 Å². The molecule has 116 valence electrons. The highest BCUT2D eigenvalue weighted by molar-refractivity contribution is 6.07. The van der Waals surface area contributed by atoms with Crippen molar-refractivity contribution in [2.45, 2.75) is 0 Å². The van der Waals surface area contributed by atoms with Gasteiger partial charge in [-0.3, -0.25) is 0 Å². The molecule has 3 rings (SSSR count). The van der Waals surface area contributed by atoms with Crippen molar-refractivity contribution < 1.29 is 9.53 Å². The van der Waals surface area contributed by atoms with Crippen LogP contribution in [0.15, 0.2) is 60.7 Å². The fourth-order valence-corrected chi connectivity index (χ4v) is 2.61. The first-order chi connectivity index (χ1) is 11.7. The van der Waals surface area contributed by atoms with E-state index in [1.54, 1.807) is 18.2 Å². The number of methoxy groups -OCH3 is 1. The number of nitrogens with zero attached hydrogens (tertiary/aromatic N) is 1. The van der Waals surface area contributed by atoms with E-state index in [0.717, 1.165) is 21.9 Å². The van der Waals surface area contributed by atoms with Crippen molar-refractivity contribution in [3.05, 3.63) is 82.9 Å². The van der Waals surface area contributed by atoms with Gasteiger partial charge in [-0.05, 0) is 40.1 Å². The zero-order chi connectivity index (χ0) is 16.9. The predicted molar refractivity (Wildman–Crippen MR) is 95.4 cm³/mol. The summed E-state index contributed by atoms with van der Waals surface area (Å²) in [6, 6.07) is 20.9. The summed E-state index contributed by atoms with van der Waals surface area (Å²) < 4.78 is 4.85. The van der Waals surface area contributed by atoms with Crippen LogP contribution in [0.4, 0.5) is 0 Å². The molecule has 0 bridgehead atoms.